The summed E-state index contributed by atoms with van der Waals surface area (Å²) in [6.45, 7) is 6.75. The van der Waals surface area contributed by atoms with Crippen molar-refractivity contribution in [2.75, 3.05) is 5.88 Å². The van der Waals surface area contributed by atoms with Gasteiger partial charge in [-0.2, -0.15) is 0 Å². The molecular weight excluding hydrogens is 168 g/mol. The standard InChI is InChI=1S/C11H23Cl/c1-4-5-6-7-8-9-11(2,3)10-12/h4-10H2,1-3H3. The first-order valence-corrected chi connectivity index (χ1v) is 5.72. The van der Waals surface area contributed by atoms with Gasteiger partial charge in [0, 0.05) is 5.88 Å². The molecule has 0 spiro atoms. The highest BCUT2D eigenvalue weighted by molar-refractivity contribution is 6.18. The zero-order valence-corrected chi connectivity index (χ0v) is 9.58. The summed E-state index contributed by atoms with van der Waals surface area (Å²) in [5.74, 6) is 0.792. The van der Waals surface area contributed by atoms with Gasteiger partial charge in [0.05, 0.1) is 0 Å². The number of alkyl halides is 1. The van der Waals surface area contributed by atoms with Crippen molar-refractivity contribution in [1.29, 1.82) is 0 Å². The van der Waals surface area contributed by atoms with Crippen LogP contribution in [0.15, 0.2) is 0 Å². The summed E-state index contributed by atoms with van der Waals surface area (Å²) in [5, 5.41) is 0. The minimum Gasteiger partial charge on any atom is -0.126 e. The van der Waals surface area contributed by atoms with Gasteiger partial charge < -0.3 is 0 Å². The van der Waals surface area contributed by atoms with E-state index in [0.717, 1.165) is 5.88 Å². The van der Waals surface area contributed by atoms with E-state index in [2.05, 4.69) is 20.8 Å². The first-order valence-electron chi connectivity index (χ1n) is 5.18. The van der Waals surface area contributed by atoms with E-state index in [1.165, 1.54) is 38.5 Å². The molecule has 0 aliphatic carbocycles. The van der Waals surface area contributed by atoms with Crippen LogP contribution in [0.5, 0.6) is 0 Å². The lowest BCUT2D eigenvalue weighted by atomic mass is 9.89. The quantitative estimate of drug-likeness (QED) is 0.406. The molecule has 0 aromatic carbocycles. The van der Waals surface area contributed by atoms with Crippen molar-refractivity contribution < 1.29 is 0 Å². The topological polar surface area (TPSA) is 0 Å². The Bertz CT molecular complexity index is 97.2. The van der Waals surface area contributed by atoms with Gasteiger partial charge in [-0.25, -0.2) is 0 Å². The van der Waals surface area contributed by atoms with Crippen LogP contribution in [0.4, 0.5) is 0 Å². The van der Waals surface area contributed by atoms with Crippen molar-refractivity contribution in [3.63, 3.8) is 0 Å². The third-order valence-electron chi connectivity index (χ3n) is 2.32. The second-order valence-corrected chi connectivity index (χ2v) is 4.73. The van der Waals surface area contributed by atoms with Gasteiger partial charge in [0.2, 0.25) is 0 Å². The number of hydrogen-bond acceptors (Lipinski definition) is 0. The molecule has 0 fully saturated rings. The lowest BCUT2D eigenvalue weighted by Crippen LogP contribution is -2.12. The fourth-order valence-electron chi connectivity index (χ4n) is 1.27. The van der Waals surface area contributed by atoms with Gasteiger partial charge in [0.25, 0.3) is 0 Å². The molecule has 0 atom stereocenters. The number of unbranched alkanes of at least 4 members (excludes halogenated alkanes) is 4. The smallest absolute Gasteiger partial charge is 0.0274 e. The SMILES string of the molecule is CCCCCCCC(C)(C)CCl. The van der Waals surface area contributed by atoms with Crippen molar-refractivity contribution in [2.24, 2.45) is 5.41 Å². The van der Waals surface area contributed by atoms with Crippen molar-refractivity contribution >= 4 is 11.6 Å². The van der Waals surface area contributed by atoms with E-state index in [0.29, 0.717) is 5.41 Å². The lowest BCUT2D eigenvalue weighted by molar-refractivity contribution is 0.362. The van der Waals surface area contributed by atoms with Gasteiger partial charge in [0.1, 0.15) is 0 Å². The number of rotatable bonds is 7. The summed E-state index contributed by atoms with van der Waals surface area (Å²) in [6.07, 6.45) is 8.13. The predicted octanol–water partition coefficient (Wildman–Crippen LogP) is 4.61. The van der Waals surface area contributed by atoms with E-state index in [1.807, 2.05) is 0 Å². The first kappa shape index (κ1) is 12.3. The van der Waals surface area contributed by atoms with Crippen molar-refractivity contribution in [2.45, 2.75) is 59.3 Å². The molecule has 0 rings (SSSR count). The average molecular weight is 191 g/mol. The minimum absolute atomic E-state index is 0.355. The summed E-state index contributed by atoms with van der Waals surface area (Å²) in [5.41, 5.74) is 0.355. The summed E-state index contributed by atoms with van der Waals surface area (Å²) in [4.78, 5) is 0. The van der Waals surface area contributed by atoms with Crippen molar-refractivity contribution in [3.8, 4) is 0 Å². The van der Waals surface area contributed by atoms with Gasteiger partial charge in [0.15, 0.2) is 0 Å². The Morgan fingerprint density at radius 1 is 1.00 bits per heavy atom. The van der Waals surface area contributed by atoms with Crippen LogP contribution in [0.3, 0.4) is 0 Å². The minimum atomic E-state index is 0.355. The van der Waals surface area contributed by atoms with Crippen LogP contribution in [0.1, 0.15) is 59.3 Å². The van der Waals surface area contributed by atoms with Crippen LogP contribution in [0, 0.1) is 5.41 Å². The average Bonchev–Trinajstić information content (AvgIpc) is 2.04. The van der Waals surface area contributed by atoms with E-state index in [1.54, 1.807) is 0 Å². The maximum absolute atomic E-state index is 5.83. The summed E-state index contributed by atoms with van der Waals surface area (Å²) < 4.78 is 0. The molecule has 0 aliphatic heterocycles. The van der Waals surface area contributed by atoms with Gasteiger partial charge in [-0.05, 0) is 11.8 Å². The second kappa shape index (κ2) is 6.77. The maximum atomic E-state index is 5.83. The Hall–Kier alpha value is 0.290. The maximum Gasteiger partial charge on any atom is 0.0274 e. The van der Waals surface area contributed by atoms with Gasteiger partial charge in [-0.3, -0.25) is 0 Å². The number of halogens is 1. The Labute approximate surface area is 82.7 Å². The van der Waals surface area contributed by atoms with Gasteiger partial charge >= 0.3 is 0 Å². The van der Waals surface area contributed by atoms with Crippen molar-refractivity contribution in [1.82, 2.24) is 0 Å². The van der Waals surface area contributed by atoms with E-state index in [4.69, 9.17) is 11.6 Å². The van der Waals surface area contributed by atoms with Crippen LogP contribution in [0.2, 0.25) is 0 Å². The molecule has 0 aromatic heterocycles. The third kappa shape index (κ3) is 6.97. The summed E-state index contributed by atoms with van der Waals surface area (Å²) >= 11 is 5.83. The molecule has 0 radical (unpaired) electrons. The zero-order valence-electron chi connectivity index (χ0n) is 8.83. The molecule has 1 heteroatoms. The molecule has 0 heterocycles. The van der Waals surface area contributed by atoms with E-state index in [-0.39, 0.29) is 0 Å². The van der Waals surface area contributed by atoms with E-state index < -0.39 is 0 Å². The highest BCUT2D eigenvalue weighted by Crippen LogP contribution is 2.25. The number of hydrogen-bond donors (Lipinski definition) is 0. The van der Waals surface area contributed by atoms with E-state index in [9.17, 15) is 0 Å². The molecule has 74 valence electrons. The molecule has 0 saturated heterocycles. The molecule has 0 unspecified atom stereocenters. The largest absolute Gasteiger partial charge is 0.126 e. The molecule has 0 aromatic rings. The lowest BCUT2D eigenvalue weighted by Gasteiger charge is -2.20. The molecule has 12 heavy (non-hydrogen) atoms. The molecule has 0 bridgehead atoms. The first-order chi connectivity index (χ1) is 5.62. The fourth-order valence-corrected chi connectivity index (χ4v) is 1.41. The van der Waals surface area contributed by atoms with E-state index >= 15 is 0 Å². The summed E-state index contributed by atoms with van der Waals surface area (Å²) in [7, 11) is 0. The highest BCUT2D eigenvalue weighted by atomic mass is 35.5. The Balaban J connectivity index is 3.19. The highest BCUT2D eigenvalue weighted by Gasteiger charge is 2.14. The third-order valence-corrected chi connectivity index (χ3v) is 3.04. The fraction of sp³-hybridized carbons (Fsp3) is 1.00. The van der Waals surface area contributed by atoms with Crippen molar-refractivity contribution in [3.05, 3.63) is 0 Å². The Kier molecular flexibility index (Phi) is 6.93. The van der Waals surface area contributed by atoms with Crippen LogP contribution >= 0.6 is 11.6 Å². The molecule has 0 amide bonds. The molecule has 0 saturated carbocycles. The zero-order chi connectivity index (χ0) is 9.45. The Morgan fingerprint density at radius 2 is 1.58 bits per heavy atom. The molecular formula is C11H23Cl. The monoisotopic (exact) mass is 190 g/mol. The Morgan fingerprint density at radius 3 is 2.08 bits per heavy atom. The molecule has 0 aliphatic rings. The van der Waals surface area contributed by atoms with Crippen LogP contribution in [-0.2, 0) is 0 Å². The predicted molar refractivity (Wildman–Crippen MR) is 57.9 cm³/mol. The van der Waals surface area contributed by atoms with Crippen LogP contribution in [0.25, 0.3) is 0 Å². The summed E-state index contributed by atoms with van der Waals surface area (Å²) in [6, 6.07) is 0. The van der Waals surface area contributed by atoms with Crippen LogP contribution in [-0.4, -0.2) is 5.88 Å². The van der Waals surface area contributed by atoms with Crippen LogP contribution < -0.4 is 0 Å². The second-order valence-electron chi connectivity index (χ2n) is 4.46. The molecule has 0 N–H and O–H groups in total. The normalized spacial score (nSPS) is 12.0. The van der Waals surface area contributed by atoms with Gasteiger partial charge in [-0.1, -0.05) is 52.9 Å². The molecule has 0 nitrogen and oxygen atoms in total. The van der Waals surface area contributed by atoms with Gasteiger partial charge in [-0.15, -0.1) is 11.6 Å².